The molecule has 1 amide bonds. The molecule has 0 aromatic heterocycles. The molecule has 2 aromatic carbocycles. The van der Waals surface area contributed by atoms with Crippen LogP contribution in [0.5, 0.6) is 5.75 Å². The van der Waals surface area contributed by atoms with Gasteiger partial charge >= 0.3 is 0 Å². The van der Waals surface area contributed by atoms with Crippen LogP contribution in [0, 0.1) is 6.92 Å². The zero-order chi connectivity index (χ0) is 21.9. The predicted molar refractivity (Wildman–Crippen MR) is 120 cm³/mol. The van der Waals surface area contributed by atoms with Crippen LogP contribution in [0.2, 0.25) is 0 Å². The lowest BCUT2D eigenvalue weighted by Gasteiger charge is -2.39. The molecule has 1 atom stereocenters. The summed E-state index contributed by atoms with van der Waals surface area (Å²) in [5, 5.41) is 0. The maximum atomic E-state index is 13.2. The molecule has 1 saturated heterocycles. The van der Waals surface area contributed by atoms with E-state index in [4.69, 9.17) is 4.74 Å². The summed E-state index contributed by atoms with van der Waals surface area (Å²) in [6.45, 7) is 5.93. The number of amides is 1. The fourth-order valence-corrected chi connectivity index (χ4v) is 4.99. The van der Waals surface area contributed by atoms with Gasteiger partial charge in [0.1, 0.15) is 11.8 Å². The van der Waals surface area contributed by atoms with Crippen LogP contribution >= 0.6 is 0 Å². The molecule has 0 N–H and O–H groups in total. The molecule has 1 fully saturated rings. The summed E-state index contributed by atoms with van der Waals surface area (Å²) in [5.41, 5.74) is 2.52. The fourth-order valence-electron chi connectivity index (χ4n) is 3.82. The number of carbonyl (C=O) groups is 1. The standard InChI is InChI=1S/C22H29N3O4S/c1-17-9-11-19(12-10-17)25(30(4,27)28)18(2)22(26)24-15-13-23(14-16-24)20-7-5-6-8-21(20)29-3/h5-12,18H,13-16H2,1-4H3/t18-/m1/s1. The normalized spacial score (nSPS) is 15.6. The smallest absolute Gasteiger partial charge is 0.246 e. The van der Waals surface area contributed by atoms with E-state index in [0.717, 1.165) is 23.3 Å². The van der Waals surface area contributed by atoms with Crippen molar-refractivity contribution in [3.8, 4) is 5.75 Å². The number of sulfonamides is 1. The van der Waals surface area contributed by atoms with Crippen LogP contribution in [0.25, 0.3) is 0 Å². The second-order valence-corrected chi connectivity index (χ2v) is 9.41. The highest BCUT2D eigenvalue weighted by Gasteiger charge is 2.33. The third kappa shape index (κ3) is 4.70. The third-order valence-electron chi connectivity index (χ3n) is 5.37. The molecule has 0 radical (unpaired) electrons. The molecule has 7 nitrogen and oxygen atoms in total. The topological polar surface area (TPSA) is 70.2 Å². The molecule has 1 aliphatic rings. The van der Waals surface area contributed by atoms with Gasteiger partial charge in [-0.05, 0) is 38.1 Å². The van der Waals surface area contributed by atoms with E-state index in [1.165, 1.54) is 4.31 Å². The number of ether oxygens (including phenoxy) is 1. The van der Waals surface area contributed by atoms with E-state index >= 15 is 0 Å². The van der Waals surface area contributed by atoms with Crippen molar-refractivity contribution in [1.29, 1.82) is 0 Å². The van der Waals surface area contributed by atoms with Crippen molar-refractivity contribution in [1.82, 2.24) is 4.90 Å². The zero-order valence-corrected chi connectivity index (χ0v) is 18.7. The number of piperazine rings is 1. The maximum Gasteiger partial charge on any atom is 0.246 e. The van der Waals surface area contributed by atoms with Gasteiger partial charge in [0, 0.05) is 26.2 Å². The SMILES string of the molecule is COc1ccccc1N1CCN(C(=O)[C@@H](C)N(c2ccc(C)cc2)S(C)(=O)=O)CC1. The lowest BCUT2D eigenvalue weighted by Crippen LogP contribution is -2.55. The Morgan fingerprint density at radius 1 is 1.03 bits per heavy atom. The van der Waals surface area contributed by atoms with Gasteiger partial charge in [-0.1, -0.05) is 29.8 Å². The Morgan fingerprint density at radius 3 is 2.20 bits per heavy atom. The molecule has 8 heteroatoms. The number of nitrogens with zero attached hydrogens (tertiary/aromatic N) is 3. The van der Waals surface area contributed by atoms with Gasteiger partial charge < -0.3 is 14.5 Å². The molecular weight excluding hydrogens is 402 g/mol. The van der Waals surface area contributed by atoms with Gasteiger partial charge in [-0.25, -0.2) is 8.42 Å². The number of carbonyl (C=O) groups excluding carboxylic acids is 1. The minimum Gasteiger partial charge on any atom is -0.495 e. The second kappa shape index (κ2) is 8.95. The van der Waals surface area contributed by atoms with Gasteiger partial charge in [0.05, 0.1) is 24.7 Å². The van der Waals surface area contributed by atoms with Crippen LogP contribution in [0.15, 0.2) is 48.5 Å². The highest BCUT2D eigenvalue weighted by Crippen LogP contribution is 2.29. The Labute approximate surface area is 178 Å². The Morgan fingerprint density at radius 2 is 1.63 bits per heavy atom. The molecular formula is C22H29N3O4S. The predicted octanol–water partition coefficient (Wildman–Crippen LogP) is 2.51. The van der Waals surface area contributed by atoms with Crippen molar-refractivity contribution in [3.05, 3.63) is 54.1 Å². The fraction of sp³-hybridized carbons (Fsp3) is 0.409. The first kappa shape index (κ1) is 22.0. The van der Waals surface area contributed by atoms with Gasteiger partial charge in [0.25, 0.3) is 0 Å². The average molecular weight is 432 g/mol. The summed E-state index contributed by atoms with van der Waals surface area (Å²) in [7, 11) is -1.97. The Hall–Kier alpha value is -2.74. The van der Waals surface area contributed by atoms with Crippen molar-refractivity contribution >= 4 is 27.3 Å². The summed E-state index contributed by atoms with van der Waals surface area (Å²) in [6.07, 6.45) is 1.14. The van der Waals surface area contributed by atoms with Crippen molar-refractivity contribution in [3.63, 3.8) is 0 Å². The highest BCUT2D eigenvalue weighted by atomic mass is 32.2. The van der Waals surface area contributed by atoms with Crippen LogP contribution in [0.1, 0.15) is 12.5 Å². The number of methoxy groups -OCH3 is 1. The molecule has 0 saturated carbocycles. The van der Waals surface area contributed by atoms with Crippen LogP contribution in [-0.4, -0.2) is 64.8 Å². The van der Waals surface area contributed by atoms with E-state index in [1.807, 2.05) is 43.3 Å². The monoisotopic (exact) mass is 431 g/mol. The Bertz CT molecular complexity index is 984. The highest BCUT2D eigenvalue weighted by molar-refractivity contribution is 7.92. The number of aryl methyl sites for hydroxylation is 1. The van der Waals surface area contributed by atoms with E-state index < -0.39 is 16.1 Å². The molecule has 0 bridgehead atoms. The largest absolute Gasteiger partial charge is 0.495 e. The summed E-state index contributed by atoms with van der Waals surface area (Å²) >= 11 is 0. The first-order chi connectivity index (χ1) is 14.2. The first-order valence-corrected chi connectivity index (χ1v) is 11.8. The summed E-state index contributed by atoms with van der Waals surface area (Å²) in [4.78, 5) is 17.1. The minimum atomic E-state index is -3.62. The second-order valence-electron chi connectivity index (χ2n) is 7.55. The van der Waals surface area contributed by atoms with Gasteiger partial charge in [-0.2, -0.15) is 0 Å². The van der Waals surface area contributed by atoms with Gasteiger partial charge in [-0.15, -0.1) is 0 Å². The van der Waals surface area contributed by atoms with Gasteiger partial charge in [0.15, 0.2) is 0 Å². The molecule has 162 valence electrons. The quantitative estimate of drug-likeness (QED) is 0.703. The molecule has 1 heterocycles. The zero-order valence-electron chi connectivity index (χ0n) is 17.9. The van der Waals surface area contributed by atoms with E-state index in [-0.39, 0.29) is 5.91 Å². The van der Waals surface area contributed by atoms with Crippen LogP contribution in [0.3, 0.4) is 0 Å². The lowest BCUT2D eigenvalue weighted by atomic mass is 10.2. The van der Waals surface area contributed by atoms with Crippen molar-refractivity contribution < 1.29 is 17.9 Å². The summed E-state index contributed by atoms with van der Waals surface area (Å²) in [6, 6.07) is 14.1. The Balaban J connectivity index is 1.73. The lowest BCUT2D eigenvalue weighted by molar-refractivity contribution is -0.132. The number of hydrogen-bond donors (Lipinski definition) is 0. The first-order valence-electron chi connectivity index (χ1n) is 9.95. The van der Waals surface area contributed by atoms with Gasteiger partial charge in [0.2, 0.25) is 15.9 Å². The molecule has 3 rings (SSSR count). The third-order valence-corrected chi connectivity index (χ3v) is 6.61. The molecule has 1 aliphatic heterocycles. The molecule has 0 unspecified atom stereocenters. The van der Waals surface area contributed by atoms with E-state index in [2.05, 4.69) is 4.90 Å². The number of anilines is 2. The number of hydrogen-bond acceptors (Lipinski definition) is 5. The van der Waals surface area contributed by atoms with E-state index in [0.29, 0.717) is 31.9 Å². The van der Waals surface area contributed by atoms with Gasteiger partial charge in [-0.3, -0.25) is 9.10 Å². The van der Waals surface area contributed by atoms with E-state index in [9.17, 15) is 13.2 Å². The van der Waals surface area contributed by atoms with Crippen LogP contribution in [0.4, 0.5) is 11.4 Å². The van der Waals surface area contributed by atoms with Crippen molar-refractivity contribution in [2.45, 2.75) is 19.9 Å². The molecule has 2 aromatic rings. The number of benzene rings is 2. The molecule has 0 spiro atoms. The average Bonchev–Trinajstić information content (AvgIpc) is 2.74. The number of rotatable bonds is 6. The molecule has 0 aliphatic carbocycles. The van der Waals surface area contributed by atoms with Crippen molar-refractivity contribution in [2.75, 3.05) is 48.7 Å². The maximum absolute atomic E-state index is 13.2. The minimum absolute atomic E-state index is 0.194. The summed E-state index contributed by atoms with van der Waals surface area (Å²) in [5.74, 6) is 0.606. The number of para-hydroxylation sites is 2. The molecule has 30 heavy (non-hydrogen) atoms. The van der Waals surface area contributed by atoms with E-state index in [1.54, 1.807) is 31.1 Å². The summed E-state index contributed by atoms with van der Waals surface area (Å²) < 4.78 is 31.6. The van der Waals surface area contributed by atoms with Crippen molar-refractivity contribution in [2.24, 2.45) is 0 Å². The Kier molecular flexibility index (Phi) is 6.55. The van der Waals surface area contributed by atoms with Crippen LogP contribution in [-0.2, 0) is 14.8 Å². The van der Waals surface area contributed by atoms with Crippen LogP contribution < -0.4 is 13.9 Å².